The van der Waals surface area contributed by atoms with Crippen LogP contribution >= 0.6 is 0 Å². The van der Waals surface area contributed by atoms with Crippen LogP contribution in [0.25, 0.3) is 0 Å². The largest absolute Gasteiger partial charge is 0.493 e. The molecule has 0 bridgehead atoms. The summed E-state index contributed by atoms with van der Waals surface area (Å²) in [5, 5.41) is 10.2. The molecule has 1 fully saturated rings. The topological polar surface area (TPSA) is 29.5 Å². The Kier molecular flexibility index (Phi) is 4.56. The van der Waals surface area contributed by atoms with E-state index in [2.05, 4.69) is 24.3 Å². The van der Waals surface area contributed by atoms with Crippen LogP contribution in [0.4, 0.5) is 0 Å². The van der Waals surface area contributed by atoms with Crippen LogP contribution in [0.5, 0.6) is 5.75 Å². The zero-order chi connectivity index (χ0) is 14.5. The normalized spacial score (nSPS) is 16.2. The SMILES string of the molecule is OC(CCOc1ccccc1)c1ccc(C2CCC2)cc1. The van der Waals surface area contributed by atoms with Crippen molar-refractivity contribution < 1.29 is 9.84 Å². The molecule has 2 aromatic rings. The van der Waals surface area contributed by atoms with Crippen molar-refractivity contribution in [2.24, 2.45) is 0 Å². The van der Waals surface area contributed by atoms with E-state index in [1.54, 1.807) is 0 Å². The number of aliphatic hydroxyl groups excluding tert-OH is 1. The fourth-order valence-corrected chi connectivity index (χ4v) is 2.70. The van der Waals surface area contributed by atoms with Gasteiger partial charge in [-0.15, -0.1) is 0 Å². The number of ether oxygens (including phenoxy) is 1. The molecule has 21 heavy (non-hydrogen) atoms. The second-order valence-electron chi connectivity index (χ2n) is 5.76. The second-order valence-corrected chi connectivity index (χ2v) is 5.76. The fourth-order valence-electron chi connectivity index (χ4n) is 2.70. The second kappa shape index (κ2) is 6.77. The lowest BCUT2D eigenvalue weighted by Gasteiger charge is -2.26. The monoisotopic (exact) mass is 282 g/mol. The number of rotatable bonds is 6. The van der Waals surface area contributed by atoms with E-state index in [-0.39, 0.29) is 0 Å². The van der Waals surface area contributed by atoms with Gasteiger partial charge in [-0.05, 0) is 42.0 Å². The minimum atomic E-state index is -0.454. The highest BCUT2D eigenvalue weighted by Crippen LogP contribution is 2.36. The van der Waals surface area contributed by atoms with Gasteiger partial charge >= 0.3 is 0 Å². The molecule has 1 atom stereocenters. The van der Waals surface area contributed by atoms with Crippen molar-refractivity contribution in [3.05, 3.63) is 65.7 Å². The van der Waals surface area contributed by atoms with Gasteiger partial charge in [0.2, 0.25) is 0 Å². The molecule has 0 saturated heterocycles. The Hall–Kier alpha value is -1.80. The van der Waals surface area contributed by atoms with E-state index in [4.69, 9.17) is 4.74 Å². The lowest BCUT2D eigenvalue weighted by atomic mass is 9.80. The summed E-state index contributed by atoms with van der Waals surface area (Å²) in [6.07, 6.45) is 4.13. The molecule has 1 N–H and O–H groups in total. The third-order valence-corrected chi connectivity index (χ3v) is 4.30. The van der Waals surface area contributed by atoms with Crippen molar-refractivity contribution in [1.29, 1.82) is 0 Å². The summed E-state index contributed by atoms with van der Waals surface area (Å²) in [6, 6.07) is 18.2. The van der Waals surface area contributed by atoms with Gasteiger partial charge in [-0.2, -0.15) is 0 Å². The Bertz CT molecular complexity index is 544. The van der Waals surface area contributed by atoms with Crippen molar-refractivity contribution in [3.63, 3.8) is 0 Å². The van der Waals surface area contributed by atoms with Crippen molar-refractivity contribution in [3.8, 4) is 5.75 Å². The summed E-state index contributed by atoms with van der Waals surface area (Å²) < 4.78 is 5.63. The van der Waals surface area contributed by atoms with Crippen LogP contribution in [-0.4, -0.2) is 11.7 Å². The lowest BCUT2D eigenvalue weighted by molar-refractivity contribution is 0.140. The molecule has 0 heterocycles. The van der Waals surface area contributed by atoms with Crippen LogP contribution in [0.2, 0.25) is 0 Å². The molecule has 2 heteroatoms. The predicted molar refractivity (Wildman–Crippen MR) is 84.5 cm³/mol. The highest BCUT2D eigenvalue weighted by atomic mass is 16.5. The summed E-state index contributed by atoms with van der Waals surface area (Å²) in [6.45, 7) is 0.523. The molecule has 0 spiro atoms. The Labute approximate surface area is 126 Å². The highest BCUT2D eigenvalue weighted by Gasteiger charge is 2.19. The molecule has 1 aliphatic carbocycles. The molecule has 2 aromatic carbocycles. The lowest BCUT2D eigenvalue weighted by Crippen LogP contribution is -2.09. The van der Waals surface area contributed by atoms with Crippen LogP contribution in [0.1, 0.15) is 48.8 Å². The molecular formula is C19H22O2. The Morgan fingerprint density at radius 2 is 1.71 bits per heavy atom. The van der Waals surface area contributed by atoms with E-state index in [0.29, 0.717) is 13.0 Å². The first-order valence-electron chi connectivity index (χ1n) is 7.79. The van der Waals surface area contributed by atoms with Crippen molar-refractivity contribution in [2.45, 2.75) is 37.7 Å². The molecule has 0 amide bonds. The number of hydrogen-bond donors (Lipinski definition) is 1. The standard InChI is InChI=1S/C19H22O2/c20-19(13-14-21-18-7-2-1-3-8-18)17-11-9-16(10-12-17)15-5-4-6-15/h1-3,7-12,15,19-20H,4-6,13-14H2. The number of aliphatic hydroxyl groups is 1. The molecule has 0 radical (unpaired) electrons. The molecule has 0 aliphatic heterocycles. The van der Waals surface area contributed by atoms with Gasteiger partial charge in [0.05, 0.1) is 12.7 Å². The maximum Gasteiger partial charge on any atom is 0.119 e. The van der Waals surface area contributed by atoms with E-state index in [1.165, 1.54) is 24.8 Å². The smallest absolute Gasteiger partial charge is 0.119 e. The summed E-state index contributed by atoms with van der Waals surface area (Å²) >= 11 is 0. The van der Waals surface area contributed by atoms with Gasteiger partial charge in [-0.1, -0.05) is 48.9 Å². The van der Waals surface area contributed by atoms with Crippen LogP contribution in [0.15, 0.2) is 54.6 Å². The van der Waals surface area contributed by atoms with Crippen LogP contribution < -0.4 is 4.74 Å². The maximum absolute atomic E-state index is 10.2. The first kappa shape index (κ1) is 14.2. The van der Waals surface area contributed by atoms with Crippen molar-refractivity contribution in [2.75, 3.05) is 6.61 Å². The van der Waals surface area contributed by atoms with E-state index < -0.39 is 6.10 Å². The molecular weight excluding hydrogens is 260 g/mol. The molecule has 1 unspecified atom stereocenters. The predicted octanol–water partition coefficient (Wildman–Crippen LogP) is 4.46. The molecule has 1 aliphatic rings. The van der Waals surface area contributed by atoms with Gasteiger partial charge in [0.25, 0.3) is 0 Å². The van der Waals surface area contributed by atoms with Crippen LogP contribution in [0.3, 0.4) is 0 Å². The van der Waals surface area contributed by atoms with Gasteiger partial charge < -0.3 is 9.84 Å². The quantitative estimate of drug-likeness (QED) is 0.847. The summed E-state index contributed by atoms with van der Waals surface area (Å²) in [5.41, 5.74) is 2.40. The summed E-state index contributed by atoms with van der Waals surface area (Å²) in [7, 11) is 0. The minimum absolute atomic E-state index is 0.454. The van der Waals surface area contributed by atoms with Crippen molar-refractivity contribution >= 4 is 0 Å². The number of hydrogen-bond acceptors (Lipinski definition) is 2. The van der Waals surface area contributed by atoms with Gasteiger partial charge in [-0.25, -0.2) is 0 Å². The fraction of sp³-hybridized carbons (Fsp3) is 0.368. The minimum Gasteiger partial charge on any atom is -0.493 e. The zero-order valence-electron chi connectivity index (χ0n) is 12.2. The van der Waals surface area contributed by atoms with Gasteiger partial charge in [0, 0.05) is 6.42 Å². The summed E-state index contributed by atoms with van der Waals surface area (Å²) in [5.74, 6) is 1.60. The van der Waals surface area contributed by atoms with Crippen LogP contribution in [-0.2, 0) is 0 Å². The molecule has 0 aromatic heterocycles. The Balaban J connectivity index is 1.49. The van der Waals surface area contributed by atoms with Crippen LogP contribution in [0, 0.1) is 0 Å². The number of para-hydroxylation sites is 1. The third kappa shape index (κ3) is 3.64. The van der Waals surface area contributed by atoms with Gasteiger partial charge in [-0.3, -0.25) is 0 Å². The average molecular weight is 282 g/mol. The molecule has 1 saturated carbocycles. The molecule has 2 nitrogen and oxygen atoms in total. The Morgan fingerprint density at radius 1 is 1.00 bits per heavy atom. The van der Waals surface area contributed by atoms with E-state index in [1.807, 2.05) is 30.3 Å². The molecule has 110 valence electrons. The Morgan fingerprint density at radius 3 is 2.33 bits per heavy atom. The van der Waals surface area contributed by atoms with E-state index >= 15 is 0 Å². The van der Waals surface area contributed by atoms with Crippen molar-refractivity contribution in [1.82, 2.24) is 0 Å². The zero-order valence-corrected chi connectivity index (χ0v) is 12.2. The van der Waals surface area contributed by atoms with E-state index in [9.17, 15) is 5.11 Å². The third-order valence-electron chi connectivity index (χ3n) is 4.30. The molecule has 3 rings (SSSR count). The van der Waals surface area contributed by atoms with Gasteiger partial charge in [0.15, 0.2) is 0 Å². The average Bonchev–Trinajstić information content (AvgIpc) is 2.47. The maximum atomic E-state index is 10.2. The highest BCUT2D eigenvalue weighted by molar-refractivity contribution is 5.28. The first-order chi connectivity index (χ1) is 10.3. The van der Waals surface area contributed by atoms with Gasteiger partial charge in [0.1, 0.15) is 5.75 Å². The summed E-state index contributed by atoms with van der Waals surface area (Å²) in [4.78, 5) is 0. The number of benzene rings is 2. The first-order valence-corrected chi connectivity index (χ1v) is 7.79. The van der Waals surface area contributed by atoms with E-state index in [0.717, 1.165) is 17.2 Å².